The third-order valence-electron chi connectivity index (χ3n) is 2.05. The number of methoxy groups -OCH3 is 2. The Morgan fingerprint density at radius 1 is 1.50 bits per heavy atom. The summed E-state index contributed by atoms with van der Waals surface area (Å²) in [6, 6.07) is 0.166. The standard InChI is InChI=1S/C10H19N3O2S/c1-9(7-15-3)13(5-6-14-2)10(16-4)12-8-11/h9H,5-7H2,1-4H3. The third kappa shape index (κ3) is 5.35. The van der Waals surface area contributed by atoms with Crippen molar-refractivity contribution in [2.45, 2.75) is 13.0 Å². The fraction of sp³-hybridized carbons (Fsp3) is 0.800. The highest BCUT2D eigenvalue weighted by Gasteiger charge is 2.17. The summed E-state index contributed by atoms with van der Waals surface area (Å²) in [4.78, 5) is 5.81. The fourth-order valence-electron chi connectivity index (χ4n) is 1.30. The lowest BCUT2D eigenvalue weighted by molar-refractivity contribution is 0.115. The van der Waals surface area contributed by atoms with Gasteiger partial charge in [0.2, 0.25) is 6.19 Å². The molecule has 0 N–H and O–H groups in total. The van der Waals surface area contributed by atoms with E-state index in [0.29, 0.717) is 24.9 Å². The highest BCUT2D eigenvalue weighted by atomic mass is 32.2. The van der Waals surface area contributed by atoms with E-state index in [4.69, 9.17) is 14.7 Å². The zero-order chi connectivity index (χ0) is 12.4. The van der Waals surface area contributed by atoms with Crippen molar-refractivity contribution >= 4 is 16.9 Å². The largest absolute Gasteiger partial charge is 0.383 e. The molecule has 1 unspecified atom stereocenters. The molecule has 0 spiro atoms. The Kier molecular flexibility index (Phi) is 9.00. The predicted molar refractivity (Wildman–Crippen MR) is 66.5 cm³/mol. The van der Waals surface area contributed by atoms with Crippen LogP contribution in [-0.2, 0) is 9.47 Å². The van der Waals surface area contributed by atoms with E-state index in [-0.39, 0.29) is 6.04 Å². The van der Waals surface area contributed by atoms with Crippen molar-refractivity contribution in [2.24, 2.45) is 4.99 Å². The SMILES string of the molecule is COCCN(C(=NC#N)SC)C(C)COC. The number of thioether (sulfide) groups is 1. The van der Waals surface area contributed by atoms with Crippen molar-refractivity contribution in [3.8, 4) is 6.19 Å². The Labute approximate surface area is 101 Å². The molecule has 0 aromatic heterocycles. The Morgan fingerprint density at radius 2 is 2.19 bits per heavy atom. The van der Waals surface area contributed by atoms with Crippen LogP contribution in [0.4, 0.5) is 0 Å². The van der Waals surface area contributed by atoms with E-state index in [1.807, 2.05) is 24.3 Å². The average molecular weight is 245 g/mol. The molecule has 0 fully saturated rings. The first-order valence-electron chi connectivity index (χ1n) is 4.96. The molecule has 0 aliphatic rings. The van der Waals surface area contributed by atoms with Gasteiger partial charge in [-0.25, -0.2) is 0 Å². The fourth-order valence-corrected chi connectivity index (χ4v) is 1.93. The maximum atomic E-state index is 8.61. The van der Waals surface area contributed by atoms with Gasteiger partial charge in [0.1, 0.15) is 0 Å². The summed E-state index contributed by atoms with van der Waals surface area (Å²) in [7, 11) is 3.31. The molecule has 0 radical (unpaired) electrons. The lowest BCUT2D eigenvalue weighted by Crippen LogP contribution is -2.41. The van der Waals surface area contributed by atoms with Gasteiger partial charge in [0.05, 0.1) is 19.3 Å². The van der Waals surface area contributed by atoms with E-state index in [0.717, 1.165) is 0 Å². The molecule has 0 aliphatic heterocycles. The quantitative estimate of drug-likeness (QED) is 0.399. The van der Waals surface area contributed by atoms with E-state index in [2.05, 4.69) is 4.99 Å². The van der Waals surface area contributed by atoms with Crippen molar-refractivity contribution in [3.05, 3.63) is 0 Å². The van der Waals surface area contributed by atoms with Crippen LogP contribution < -0.4 is 0 Å². The highest BCUT2D eigenvalue weighted by molar-refractivity contribution is 8.13. The van der Waals surface area contributed by atoms with Crippen LogP contribution in [0.3, 0.4) is 0 Å². The predicted octanol–water partition coefficient (Wildman–Crippen LogP) is 1.17. The Balaban J connectivity index is 4.63. The number of hydrogen-bond donors (Lipinski definition) is 0. The number of rotatable bonds is 6. The summed E-state index contributed by atoms with van der Waals surface area (Å²) < 4.78 is 10.2. The molecule has 0 aliphatic carbocycles. The lowest BCUT2D eigenvalue weighted by Gasteiger charge is -2.30. The molecular weight excluding hydrogens is 226 g/mol. The first kappa shape index (κ1) is 15.2. The third-order valence-corrected chi connectivity index (χ3v) is 2.74. The minimum atomic E-state index is 0.166. The van der Waals surface area contributed by atoms with E-state index in [9.17, 15) is 0 Å². The van der Waals surface area contributed by atoms with Gasteiger partial charge in [0.25, 0.3) is 0 Å². The molecule has 0 aromatic rings. The second-order valence-corrected chi connectivity index (χ2v) is 3.96. The normalized spacial score (nSPS) is 13.3. The van der Waals surface area contributed by atoms with Gasteiger partial charge in [-0.1, -0.05) is 11.8 Å². The molecule has 5 nitrogen and oxygen atoms in total. The summed E-state index contributed by atoms with van der Waals surface area (Å²) in [5.74, 6) is 0. The van der Waals surface area contributed by atoms with Gasteiger partial charge in [-0.3, -0.25) is 0 Å². The maximum Gasteiger partial charge on any atom is 0.208 e. The van der Waals surface area contributed by atoms with Crippen molar-refractivity contribution in [2.75, 3.05) is 40.2 Å². The molecule has 6 heteroatoms. The average Bonchev–Trinajstić information content (AvgIpc) is 2.28. The molecule has 0 rings (SSSR count). The Hall–Kier alpha value is -0.770. The molecule has 92 valence electrons. The first-order valence-corrected chi connectivity index (χ1v) is 6.19. The number of nitrogens with zero attached hydrogens (tertiary/aromatic N) is 3. The van der Waals surface area contributed by atoms with Crippen LogP contribution in [-0.4, -0.2) is 56.3 Å². The van der Waals surface area contributed by atoms with Gasteiger partial charge in [-0.15, -0.1) is 4.99 Å². The number of aliphatic imine (C=N–C) groups is 1. The molecule has 0 aromatic carbocycles. The van der Waals surface area contributed by atoms with Gasteiger partial charge < -0.3 is 14.4 Å². The Morgan fingerprint density at radius 3 is 2.62 bits per heavy atom. The first-order chi connectivity index (χ1) is 7.71. The maximum absolute atomic E-state index is 8.61. The van der Waals surface area contributed by atoms with Crippen LogP contribution in [0.2, 0.25) is 0 Å². The van der Waals surface area contributed by atoms with Gasteiger partial charge in [-0.2, -0.15) is 5.26 Å². The van der Waals surface area contributed by atoms with Crippen LogP contribution in [0.15, 0.2) is 4.99 Å². The van der Waals surface area contributed by atoms with E-state index < -0.39 is 0 Å². The van der Waals surface area contributed by atoms with Crippen LogP contribution in [0.25, 0.3) is 0 Å². The topological polar surface area (TPSA) is 57.8 Å². The van der Waals surface area contributed by atoms with E-state index in [1.54, 1.807) is 14.2 Å². The molecule has 0 amide bonds. The van der Waals surface area contributed by atoms with Crippen LogP contribution in [0.1, 0.15) is 6.92 Å². The molecule has 0 heterocycles. The summed E-state index contributed by atoms with van der Waals surface area (Å²) in [5.41, 5.74) is 0. The monoisotopic (exact) mass is 245 g/mol. The molecule has 16 heavy (non-hydrogen) atoms. The molecule has 0 bridgehead atoms. The molecular formula is C10H19N3O2S. The highest BCUT2D eigenvalue weighted by Crippen LogP contribution is 2.10. The van der Waals surface area contributed by atoms with Gasteiger partial charge in [0, 0.05) is 20.8 Å². The Bertz CT molecular complexity index is 253. The van der Waals surface area contributed by atoms with Gasteiger partial charge in [0.15, 0.2) is 5.17 Å². The van der Waals surface area contributed by atoms with Crippen molar-refractivity contribution in [3.63, 3.8) is 0 Å². The smallest absolute Gasteiger partial charge is 0.208 e. The zero-order valence-electron chi connectivity index (χ0n) is 10.3. The number of nitriles is 1. The molecule has 0 saturated carbocycles. The van der Waals surface area contributed by atoms with E-state index in [1.165, 1.54) is 11.8 Å². The van der Waals surface area contributed by atoms with Crippen molar-refractivity contribution < 1.29 is 9.47 Å². The molecule has 1 atom stereocenters. The lowest BCUT2D eigenvalue weighted by atomic mass is 10.3. The molecule has 0 saturated heterocycles. The van der Waals surface area contributed by atoms with Gasteiger partial charge in [-0.05, 0) is 13.2 Å². The number of hydrogen-bond acceptors (Lipinski definition) is 5. The minimum absolute atomic E-state index is 0.166. The van der Waals surface area contributed by atoms with E-state index >= 15 is 0 Å². The van der Waals surface area contributed by atoms with Crippen LogP contribution in [0.5, 0.6) is 0 Å². The number of ether oxygens (including phenoxy) is 2. The number of amidine groups is 1. The summed E-state index contributed by atoms with van der Waals surface area (Å²) in [6.45, 7) is 3.92. The van der Waals surface area contributed by atoms with Gasteiger partial charge >= 0.3 is 0 Å². The summed E-state index contributed by atoms with van der Waals surface area (Å²) in [6.07, 6.45) is 3.71. The van der Waals surface area contributed by atoms with Crippen LogP contribution >= 0.6 is 11.8 Å². The second-order valence-electron chi connectivity index (χ2n) is 3.19. The van der Waals surface area contributed by atoms with Crippen LogP contribution in [0, 0.1) is 11.5 Å². The summed E-state index contributed by atoms with van der Waals surface area (Å²) in [5, 5.41) is 9.31. The second kappa shape index (κ2) is 9.46. The zero-order valence-corrected chi connectivity index (χ0v) is 11.1. The minimum Gasteiger partial charge on any atom is -0.383 e. The van der Waals surface area contributed by atoms with Crippen molar-refractivity contribution in [1.29, 1.82) is 5.26 Å². The summed E-state index contributed by atoms with van der Waals surface area (Å²) >= 11 is 1.45. The van der Waals surface area contributed by atoms with Crippen molar-refractivity contribution in [1.82, 2.24) is 4.90 Å².